The maximum atomic E-state index is 12.3. The summed E-state index contributed by atoms with van der Waals surface area (Å²) in [4.78, 5) is 17.8. The summed E-state index contributed by atoms with van der Waals surface area (Å²) in [6.07, 6.45) is -1.88. The summed E-state index contributed by atoms with van der Waals surface area (Å²) in [6, 6.07) is 0. The maximum Gasteiger partial charge on any atom is 0.419 e. The summed E-state index contributed by atoms with van der Waals surface area (Å²) in [5.41, 5.74) is 4.20. The van der Waals surface area contributed by atoms with Gasteiger partial charge in [0.2, 0.25) is 11.7 Å². The van der Waals surface area contributed by atoms with E-state index in [1.165, 1.54) is 0 Å². The lowest BCUT2D eigenvalue weighted by Crippen LogP contribution is -2.34. The number of aromatic nitrogens is 2. The van der Waals surface area contributed by atoms with Crippen molar-refractivity contribution in [1.82, 2.24) is 9.97 Å². The Labute approximate surface area is 107 Å². The zero-order valence-electron chi connectivity index (χ0n) is 9.74. The van der Waals surface area contributed by atoms with Gasteiger partial charge in [0.25, 0.3) is 0 Å². The molecule has 1 fully saturated rings. The molecule has 4 nitrogen and oxygen atoms in total. The van der Waals surface area contributed by atoms with Gasteiger partial charge in [-0.15, -0.1) is 0 Å². The van der Waals surface area contributed by atoms with E-state index in [2.05, 4.69) is 21.8 Å². The number of primary amides is 1. The molecular formula is C12H10F3N3O. The fraction of sp³-hybridized carbons (Fsp3) is 0.417. The van der Waals surface area contributed by atoms with E-state index in [9.17, 15) is 18.0 Å². The predicted molar refractivity (Wildman–Crippen MR) is 59.3 cm³/mol. The molecule has 0 aliphatic heterocycles. The number of rotatable bonds is 1. The van der Waals surface area contributed by atoms with Crippen LogP contribution in [0.25, 0.3) is 0 Å². The first-order valence-corrected chi connectivity index (χ1v) is 5.56. The molecule has 1 aliphatic rings. The lowest BCUT2D eigenvalue weighted by Gasteiger charge is -2.28. The van der Waals surface area contributed by atoms with Gasteiger partial charge in [-0.2, -0.15) is 13.2 Å². The second-order valence-electron chi connectivity index (χ2n) is 4.33. The van der Waals surface area contributed by atoms with Crippen molar-refractivity contribution in [2.24, 2.45) is 17.6 Å². The summed E-state index contributed by atoms with van der Waals surface area (Å²) in [5.74, 6) is 4.99. The third kappa shape index (κ3) is 3.22. The second-order valence-corrected chi connectivity index (χ2v) is 4.33. The van der Waals surface area contributed by atoms with Gasteiger partial charge >= 0.3 is 6.18 Å². The summed E-state index contributed by atoms with van der Waals surface area (Å²) in [7, 11) is 0. The molecule has 1 heterocycles. The van der Waals surface area contributed by atoms with Gasteiger partial charge in [-0.1, -0.05) is 5.92 Å². The van der Waals surface area contributed by atoms with Crippen molar-refractivity contribution in [3.05, 3.63) is 23.8 Å². The van der Waals surface area contributed by atoms with Crippen molar-refractivity contribution in [1.29, 1.82) is 0 Å². The molecule has 0 unspecified atom stereocenters. The molecule has 1 aromatic rings. The van der Waals surface area contributed by atoms with Crippen molar-refractivity contribution >= 4 is 5.91 Å². The van der Waals surface area contributed by atoms with Gasteiger partial charge in [0.15, 0.2) is 0 Å². The topological polar surface area (TPSA) is 68.9 Å². The number of alkyl halides is 3. The molecule has 0 aromatic carbocycles. The molecule has 1 aromatic heterocycles. The van der Waals surface area contributed by atoms with Crippen LogP contribution in [0.4, 0.5) is 13.2 Å². The molecule has 7 heteroatoms. The molecule has 100 valence electrons. The SMILES string of the molecule is NC(=O)C1CC(C#Cc2ncc(C(F)(F)F)cn2)C1. The number of hydrogen-bond acceptors (Lipinski definition) is 3. The number of hydrogen-bond donors (Lipinski definition) is 1. The average Bonchev–Trinajstić information content (AvgIpc) is 2.25. The van der Waals surface area contributed by atoms with E-state index >= 15 is 0 Å². The zero-order valence-corrected chi connectivity index (χ0v) is 9.74. The third-order valence-electron chi connectivity index (χ3n) is 2.91. The first kappa shape index (κ1) is 13.3. The van der Waals surface area contributed by atoms with Crippen LogP contribution >= 0.6 is 0 Å². The maximum absolute atomic E-state index is 12.3. The fourth-order valence-corrected chi connectivity index (χ4v) is 1.67. The number of amides is 1. The van der Waals surface area contributed by atoms with Crippen molar-refractivity contribution in [3.8, 4) is 11.8 Å². The Bertz CT molecular complexity index is 536. The van der Waals surface area contributed by atoms with E-state index in [0.717, 1.165) is 0 Å². The molecule has 1 saturated carbocycles. The largest absolute Gasteiger partial charge is 0.419 e. The molecule has 2 rings (SSSR count). The van der Waals surface area contributed by atoms with Crippen LogP contribution in [0.5, 0.6) is 0 Å². The molecule has 1 amide bonds. The fourth-order valence-electron chi connectivity index (χ4n) is 1.67. The highest BCUT2D eigenvalue weighted by Crippen LogP contribution is 2.32. The van der Waals surface area contributed by atoms with Crippen LogP contribution in [0.1, 0.15) is 24.2 Å². The molecule has 0 radical (unpaired) electrons. The first-order valence-electron chi connectivity index (χ1n) is 5.56. The Kier molecular flexibility index (Phi) is 3.42. The van der Waals surface area contributed by atoms with E-state index in [0.29, 0.717) is 25.2 Å². The zero-order chi connectivity index (χ0) is 14.0. The van der Waals surface area contributed by atoms with Crippen LogP contribution in [0, 0.1) is 23.7 Å². The van der Waals surface area contributed by atoms with Crippen LogP contribution in [0.15, 0.2) is 12.4 Å². The highest BCUT2D eigenvalue weighted by molar-refractivity contribution is 5.77. The first-order chi connectivity index (χ1) is 8.86. The van der Waals surface area contributed by atoms with Gasteiger partial charge in [-0.05, 0) is 18.8 Å². The molecule has 19 heavy (non-hydrogen) atoms. The molecule has 1 aliphatic carbocycles. The minimum Gasteiger partial charge on any atom is -0.369 e. The van der Waals surface area contributed by atoms with E-state index in [4.69, 9.17) is 5.73 Å². The van der Waals surface area contributed by atoms with Crippen LogP contribution in [-0.2, 0) is 11.0 Å². The van der Waals surface area contributed by atoms with Crippen LogP contribution in [-0.4, -0.2) is 15.9 Å². The minimum atomic E-state index is -4.45. The van der Waals surface area contributed by atoms with E-state index in [1.54, 1.807) is 0 Å². The Balaban J connectivity index is 1.97. The standard InChI is InChI=1S/C12H10F3N3O/c13-12(14,15)9-5-17-10(18-6-9)2-1-7-3-8(4-7)11(16)19/h5-8H,3-4H2,(H2,16,19). The Morgan fingerprint density at radius 2 is 1.89 bits per heavy atom. The van der Waals surface area contributed by atoms with Gasteiger partial charge < -0.3 is 5.73 Å². The summed E-state index contributed by atoms with van der Waals surface area (Å²) < 4.78 is 36.8. The number of carbonyl (C=O) groups is 1. The highest BCUT2D eigenvalue weighted by Gasteiger charge is 2.32. The summed E-state index contributed by atoms with van der Waals surface area (Å²) >= 11 is 0. The van der Waals surface area contributed by atoms with Gasteiger partial charge in [0.05, 0.1) is 5.56 Å². The van der Waals surface area contributed by atoms with Crippen molar-refractivity contribution in [3.63, 3.8) is 0 Å². The van der Waals surface area contributed by atoms with Crippen molar-refractivity contribution < 1.29 is 18.0 Å². The summed E-state index contributed by atoms with van der Waals surface area (Å²) in [6.45, 7) is 0. The minimum absolute atomic E-state index is 0.0309. The molecule has 0 spiro atoms. The van der Waals surface area contributed by atoms with E-state index in [1.807, 2.05) is 0 Å². The smallest absolute Gasteiger partial charge is 0.369 e. The van der Waals surface area contributed by atoms with Crippen molar-refractivity contribution in [2.75, 3.05) is 0 Å². The Morgan fingerprint density at radius 3 is 2.37 bits per heavy atom. The van der Waals surface area contributed by atoms with Gasteiger partial charge in [-0.3, -0.25) is 4.79 Å². The van der Waals surface area contributed by atoms with E-state index in [-0.39, 0.29) is 23.6 Å². The lowest BCUT2D eigenvalue weighted by atomic mass is 9.75. The molecular weight excluding hydrogens is 259 g/mol. The lowest BCUT2D eigenvalue weighted by molar-refractivity contribution is -0.138. The number of halogens is 3. The Morgan fingerprint density at radius 1 is 1.32 bits per heavy atom. The number of carbonyl (C=O) groups excluding carboxylic acids is 1. The third-order valence-corrected chi connectivity index (χ3v) is 2.91. The van der Waals surface area contributed by atoms with Crippen LogP contribution in [0.3, 0.4) is 0 Å². The van der Waals surface area contributed by atoms with Crippen LogP contribution in [0.2, 0.25) is 0 Å². The quantitative estimate of drug-likeness (QED) is 0.782. The van der Waals surface area contributed by atoms with Gasteiger partial charge in [0.1, 0.15) is 0 Å². The van der Waals surface area contributed by atoms with Crippen LogP contribution < -0.4 is 5.73 Å². The number of nitrogens with zero attached hydrogens (tertiary/aromatic N) is 2. The van der Waals surface area contributed by atoms with E-state index < -0.39 is 11.7 Å². The number of nitrogens with two attached hydrogens (primary N) is 1. The predicted octanol–water partition coefficient (Wildman–Crippen LogP) is 1.36. The monoisotopic (exact) mass is 269 g/mol. The highest BCUT2D eigenvalue weighted by atomic mass is 19.4. The Hall–Kier alpha value is -2.10. The van der Waals surface area contributed by atoms with Crippen molar-refractivity contribution in [2.45, 2.75) is 19.0 Å². The summed E-state index contributed by atoms with van der Waals surface area (Å²) in [5, 5.41) is 0. The molecule has 0 saturated heterocycles. The molecule has 0 bridgehead atoms. The van der Waals surface area contributed by atoms with Gasteiger partial charge in [-0.25, -0.2) is 9.97 Å². The second kappa shape index (κ2) is 4.88. The molecule has 2 N–H and O–H groups in total. The normalized spacial score (nSPS) is 22.1. The van der Waals surface area contributed by atoms with Gasteiger partial charge in [0, 0.05) is 24.2 Å². The average molecular weight is 269 g/mol. The molecule has 0 atom stereocenters.